The zero-order valence-electron chi connectivity index (χ0n) is 8.87. The number of nitrogens with zero attached hydrogens (tertiary/aromatic N) is 2. The molecule has 1 aromatic heterocycles. The van der Waals surface area contributed by atoms with Crippen molar-refractivity contribution >= 4 is 22.5 Å². The normalized spacial score (nSPS) is 13.3. The first-order valence-electron chi connectivity index (χ1n) is 4.95. The lowest BCUT2D eigenvalue weighted by molar-refractivity contribution is 0.735. The number of hydrogen-bond acceptors (Lipinski definition) is 2. The minimum absolute atomic E-state index is 0.136. The van der Waals surface area contributed by atoms with Gasteiger partial charge in [0, 0.05) is 18.5 Å². The molecule has 1 atom stereocenters. The summed E-state index contributed by atoms with van der Waals surface area (Å²) in [6.45, 7) is 1.99. The molecule has 2 rings (SSSR count). The van der Waals surface area contributed by atoms with E-state index in [1.165, 1.54) is 0 Å². The number of nitrogens with two attached hydrogens (primary N) is 1. The molecular formula is C11H14ClN3. The van der Waals surface area contributed by atoms with Gasteiger partial charge in [0.15, 0.2) is 0 Å². The number of rotatable bonds is 2. The van der Waals surface area contributed by atoms with Crippen LogP contribution in [0.25, 0.3) is 10.9 Å². The molecule has 0 saturated heterocycles. The molecule has 15 heavy (non-hydrogen) atoms. The highest BCUT2D eigenvalue weighted by Crippen LogP contribution is 2.25. The quantitative estimate of drug-likeness (QED) is 0.848. The average Bonchev–Trinajstić information content (AvgIpc) is 2.45. The number of hydrogen-bond donors (Lipinski definition) is 1. The van der Waals surface area contributed by atoms with Gasteiger partial charge in [-0.05, 0) is 25.0 Å². The van der Waals surface area contributed by atoms with E-state index in [0.717, 1.165) is 22.9 Å². The third kappa shape index (κ3) is 1.85. The third-order valence-electron chi connectivity index (χ3n) is 2.42. The van der Waals surface area contributed by atoms with E-state index in [1.54, 1.807) is 4.68 Å². The van der Waals surface area contributed by atoms with E-state index >= 15 is 0 Å². The van der Waals surface area contributed by atoms with Crippen LogP contribution in [0.3, 0.4) is 0 Å². The molecule has 3 nitrogen and oxygen atoms in total. The summed E-state index contributed by atoms with van der Waals surface area (Å²) in [5, 5.41) is 6.07. The molecular weight excluding hydrogens is 210 g/mol. The molecule has 0 fully saturated rings. The van der Waals surface area contributed by atoms with Gasteiger partial charge in [-0.15, -0.1) is 0 Å². The van der Waals surface area contributed by atoms with Crippen molar-refractivity contribution in [3.05, 3.63) is 28.9 Å². The largest absolute Gasteiger partial charge is 0.328 e. The molecule has 0 aliphatic carbocycles. The second-order valence-corrected chi connectivity index (χ2v) is 4.27. The van der Waals surface area contributed by atoms with Gasteiger partial charge >= 0.3 is 0 Å². The standard InChI is InChI=1S/C11H14ClN3/c1-7(13)6-8-4-3-5-9-10(8)14-15(2)11(9)12/h3-5,7H,6,13H2,1-2H3. The van der Waals surface area contributed by atoms with E-state index < -0.39 is 0 Å². The Labute approximate surface area is 93.8 Å². The van der Waals surface area contributed by atoms with Gasteiger partial charge < -0.3 is 5.73 Å². The van der Waals surface area contributed by atoms with Crippen molar-refractivity contribution in [3.8, 4) is 0 Å². The number of fused-ring (bicyclic) bond motifs is 1. The maximum Gasteiger partial charge on any atom is 0.134 e. The molecule has 1 aromatic carbocycles. The first kappa shape index (κ1) is 10.5. The Morgan fingerprint density at radius 2 is 2.27 bits per heavy atom. The molecule has 1 heterocycles. The van der Waals surface area contributed by atoms with Gasteiger partial charge in [0.05, 0.1) is 5.52 Å². The zero-order valence-corrected chi connectivity index (χ0v) is 9.62. The van der Waals surface area contributed by atoms with Crippen molar-refractivity contribution in [2.45, 2.75) is 19.4 Å². The molecule has 80 valence electrons. The van der Waals surface area contributed by atoms with Crippen molar-refractivity contribution in [1.82, 2.24) is 9.78 Å². The fourth-order valence-electron chi connectivity index (χ4n) is 1.76. The lowest BCUT2D eigenvalue weighted by Gasteiger charge is -2.05. The Bertz CT molecular complexity index is 488. The number of benzene rings is 1. The molecule has 0 saturated carbocycles. The van der Waals surface area contributed by atoms with Crippen LogP contribution >= 0.6 is 11.6 Å². The van der Waals surface area contributed by atoms with Crippen LogP contribution in [0.15, 0.2) is 18.2 Å². The SMILES string of the molecule is CC(N)Cc1cccc2c(Cl)n(C)nc12. The summed E-state index contributed by atoms with van der Waals surface area (Å²) in [6.07, 6.45) is 0.824. The number of aromatic nitrogens is 2. The van der Waals surface area contributed by atoms with Gasteiger partial charge in [-0.3, -0.25) is 4.68 Å². The van der Waals surface area contributed by atoms with E-state index in [0.29, 0.717) is 5.15 Å². The fourth-order valence-corrected chi connectivity index (χ4v) is 1.95. The average molecular weight is 224 g/mol. The van der Waals surface area contributed by atoms with Crippen LogP contribution in [-0.2, 0) is 13.5 Å². The van der Waals surface area contributed by atoms with Crippen LogP contribution < -0.4 is 5.73 Å². The zero-order chi connectivity index (χ0) is 11.0. The van der Waals surface area contributed by atoms with Crippen LogP contribution in [0.1, 0.15) is 12.5 Å². The molecule has 4 heteroatoms. The summed E-state index contributed by atoms with van der Waals surface area (Å²) in [7, 11) is 1.85. The molecule has 1 unspecified atom stereocenters. The number of aryl methyl sites for hydroxylation is 1. The van der Waals surface area contributed by atoms with E-state index in [1.807, 2.05) is 26.1 Å². The first-order valence-corrected chi connectivity index (χ1v) is 5.33. The summed E-state index contributed by atoms with van der Waals surface area (Å²) in [6, 6.07) is 6.16. The molecule has 2 N–H and O–H groups in total. The molecule has 2 aromatic rings. The summed E-state index contributed by atoms with van der Waals surface area (Å²) < 4.78 is 1.69. The minimum Gasteiger partial charge on any atom is -0.328 e. The van der Waals surface area contributed by atoms with Crippen molar-refractivity contribution in [2.24, 2.45) is 12.8 Å². The second kappa shape index (κ2) is 3.83. The van der Waals surface area contributed by atoms with Gasteiger partial charge in [0.1, 0.15) is 5.15 Å². The van der Waals surface area contributed by atoms with Gasteiger partial charge in [-0.1, -0.05) is 23.7 Å². The maximum absolute atomic E-state index is 6.12. The molecule has 0 spiro atoms. The summed E-state index contributed by atoms with van der Waals surface area (Å²) in [5.41, 5.74) is 7.91. The fraction of sp³-hybridized carbons (Fsp3) is 0.364. The van der Waals surface area contributed by atoms with Crippen LogP contribution in [0, 0.1) is 0 Å². The predicted octanol–water partition coefficient (Wildman–Crippen LogP) is 2.12. The number of halogens is 1. The van der Waals surface area contributed by atoms with Crippen LogP contribution in [0.5, 0.6) is 0 Å². The van der Waals surface area contributed by atoms with E-state index in [9.17, 15) is 0 Å². The third-order valence-corrected chi connectivity index (χ3v) is 2.87. The molecule has 0 bridgehead atoms. The van der Waals surface area contributed by atoms with Gasteiger partial charge in [-0.25, -0.2) is 0 Å². The van der Waals surface area contributed by atoms with Crippen molar-refractivity contribution in [1.29, 1.82) is 0 Å². The van der Waals surface area contributed by atoms with Crippen LogP contribution in [0.4, 0.5) is 0 Å². The highest BCUT2D eigenvalue weighted by molar-refractivity contribution is 6.34. The molecule has 0 aliphatic rings. The van der Waals surface area contributed by atoms with Crippen LogP contribution in [-0.4, -0.2) is 15.8 Å². The molecule has 0 radical (unpaired) electrons. The lowest BCUT2D eigenvalue weighted by atomic mass is 10.1. The summed E-state index contributed by atoms with van der Waals surface area (Å²) >= 11 is 6.12. The smallest absolute Gasteiger partial charge is 0.134 e. The molecule has 0 amide bonds. The van der Waals surface area contributed by atoms with E-state index in [4.69, 9.17) is 17.3 Å². The van der Waals surface area contributed by atoms with E-state index in [-0.39, 0.29) is 6.04 Å². The summed E-state index contributed by atoms with van der Waals surface area (Å²) in [5.74, 6) is 0. The Morgan fingerprint density at radius 1 is 1.53 bits per heavy atom. The Morgan fingerprint density at radius 3 is 2.93 bits per heavy atom. The van der Waals surface area contributed by atoms with Crippen LogP contribution in [0.2, 0.25) is 5.15 Å². The van der Waals surface area contributed by atoms with Crippen molar-refractivity contribution in [3.63, 3.8) is 0 Å². The topological polar surface area (TPSA) is 43.8 Å². The van der Waals surface area contributed by atoms with Crippen molar-refractivity contribution < 1.29 is 0 Å². The Balaban J connectivity index is 2.61. The Kier molecular flexibility index (Phi) is 2.67. The highest BCUT2D eigenvalue weighted by atomic mass is 35.5. The monoisotopic (exact) mass is 223 g/mol. The predicted molar refractivity (Wildman–Crippen MR) is 63.1 cm³/mol. The van der Waals surface area contributed by atoms with Gasteiger partial charge in [-0.2, -0.15) is 5.10 Å². The first-order chi connectivity index (χ1) is 7.09. The summed E-state index contributed by atoms with van der Waals surface area (Å²) in [4.78, 5) is 0. The highest BCUT2D eigenvalue weighted by Gasteiger charge is 2.10. The van der Waals surface area contributed by atoms with Gasteiger partial charge in [0.2, 0.25) is 0 Å². The van der Waals surface area contributed by atoms with Crippen molar-refractivity contribution in [2.75, 3.05) is 0 Å². The molecule has 0 aliphatic heterocycles. The van der Waals surface area contributed by atoms with Gasteiger partial charge in [0.25, 0.3) is 0 Å². The minimum atomic E-state index is 0.136. The Hall–Kier alpha value is -1.06. The van der Waals surface area contributed by atoms with E-state index in [2.05, 4.69) is 11.2 Å². The maximum atomic E-state index is 6.12. The lowest BCUT2D eigenvalue weighted by Crippen LogP contribution is -2.17. The second-order valence-electron chi connectivity index (χ2n) is 3.91.